The Morgan fingerprint density at radius 3 is 2.08 bits per heavy atom. The molecule has 1 heterocycles. The topological polar surface area (TPSA) is 70.2 Å². The maximum Gasteiger partial charge on any atom is 0.181 e. The number of ether oxygens (including phenoxy) is 5. The van der Waals surface area contributed by atoms with Gasteiger partial charge in [-0.05, 0) is 5.56 Å². The first-order chi connectivity index (χ1) is 12.9. The summed E-state index contributed by atoms with van der Waals surface area (Å²) >= 11 is 0. The number of rotatable bonds is 3. The van der Waals surface area contributed by atoms with Crippen LogP contribution in [0, 0.1) is 0 Å². The largest absolute Gasteiger partial charge is 0.378 e. The van der Waals surface area contributed by atoms with Gasteiger partial charge in [0.25, 0.3) is 0 Å². The molecule has 0 spiro atoms. The molecule has 7 heteroatoms. The number of hydrogen-bond acceptors (Lipinski definition) is 7. The normalized spacial score (nSPS) is 23.0. The zero-order valence-corrected chi connectivity index (χ0v) is 15.5. The van der Waals surface area contributed by atoms with Gasteiger partial charge in [-0.25, -0.2) is 0 Å². The van der Waals surface area contributed by atoms with Gasteiger partial charge in [0.1, 0.15) is 0 Å². The lowest BCUT2D eigenvalue weighted by atomic mass is 10.2. The first-order valence-electron chi connectivity index (χ1n) is 9.37. The van der Waals surface area contributed by atoms with Gasteiger partial charge in [0.15, 0.2) is 6.29 Å². The summed E-state index contributed by atoms with van der Waals surface area (Å²) in [6.07, 6.45) is -0.379. The van der Waals surface area contributed by atoms with E-state index in [1.54, 1.807) is 0 Å². The third kappa shape index (κ3) is 10.8. The third-order valence-corrected chi connectivity index (χ3v) is 3.76. The summed E-state index contributed by atoms with van der Waals surface area (Å²) in [5.74, 6) is 0. The van der Waals surface area contributed by atoms with Gasteiger partial charge in [0.05, 0.1) is 52.9 Å². The van der Waals surface area contributed by atoms with E-state index in [4.69, 9.17) is 23.7 Å². The van der Waals surface area contributed by atoms with E-state index < -0.39 is 0 Å². The van der Waals surface area contributed by atoms with Crippen LogP contribution < -0.4 is 10.6 Å². The molecule has 1 aliphatic rings. The Kier molecular flexibility index (Phi) is 12.3. The van der Waals surface area contributed by atoms with Crippen molar-refractivity contribution in [2.45, 2.75) is 12.9 Å². The van der Waals surface area contributed by atoms with Crippen LogP contribution in [0.5, 0.6) is 0 Å². The Morgan fingerprint density at radius 2 is 1.38 bits per heavy atom. The molecule has 0 radical (unpaired) electrons. The fourth-order valence-corrected chi connectivity index (χ4v) is 2.35. The monoisotopic (exact) mass is 368 g/mol. The van der Waals surface area contributed by atoms with Crippen molar-refractivity contribution in [2.75, 3.05) is 72.4 Å². The molecule has 0 aliphatic carbocycles. The summed E-state index contributed by atoms with van der Waals surface area (Å²) < 4.78 is 28.4. The van der Waals surface area contributed by atoms with Crippen LogP contribution in [0.2, 0.25) is 0 Å². The van der Waals surface area contributed by atoms with Gasteiger partial charge in [-0.3, -0.25) is 0 Å². The fraction of sp³-hybridized carbons (Fsp3) is 0.684. The molecule has 1 aromatic rings. The molecule has 0 saturated carbocycles. The highest BCUT2D eigenvalue weighted by atomic mass is 16.7. The second kappa shape index (κ2) is 15.0. The molecule has 1 atom stereocenters. The van der Waals surface area contributed by atoms with Crippen LogP contribution in [0.4, 0.5) is 0 Å². The van der Waals surface area contributed by atoms with E-state index in [-0.39, 0.29) is 6.29 Å². The van der Waals surface area contributed by atoms with Crippen LogP contribution in [0.25, 0.3) is 0 Å². The highest BCUT2D eigenvalue weighted by Crippen LogP contribution is 2.05. The maximum atomic E-state index is 5.87. The Morgan fingerprint density at radius 1 is 0.769 bits per heavy atom. The van der Waals surface area contributed by atoms with Gasteiger partial charge in [-0.1, -0.05) is 30.3 Å². The predicted molar refractivity (Wildman–Crippen MR) is 99.2 cm³/mol. The first kappa shape index (κ1) is 21.2. The Hall–Kier alpha value is -1.06. The SMILES string of the molecule is c1ccc(COC2COCCNCCOCCOCCNCCO2)cc1. The average molecular weight is 368 g/mol. The van der Waals surface area contributed by atoms with E-state index in [1.165, 1.54) is 0 Å². The minimum Gasteiger partial charge on any atom is -0.378 e. The lowest BCUT2D eigenvalue weighted by molar-refractivity contribution is -0.177. The molecule has 1 unspecified atom stereocenters. The van der Waals surface area contributed by atoms with Gasteiger partial charge in [0, 0.05) is 26.2 Å². The molecule has 7 nitrogen and oxygen atoms in total. The van der Waals surface area contributed by atoms with E-state index >= 15 is 0 Å². The molecule has 26 heavy (non-hydrogen) atoms. The highest BCUT2D eigenvalue weighted by Gasteiger charge is 2.10. The molecule has 1 fully saturated rings. The molecule has 2 N–H and O–H groups in total. The number of hydrogen-bond donors (Lipinski definition) is 2. The zero-order chi connectivity index (χ0) is 18.1. The molecule has 0 aromatic heterocycles. The molecule has 1 saturated heterocycles. The van der Waals surface area contributed by atoms with Crippen molar-refractivity contribution in [3.63, 3.8) is 0 Å². The van der Waals surface area contributed by atoms with E-state index in [1.807, 2.05) is 30.3 Å². The van der Waals surface area contributed by atoms with E-state index in [9.17, 15) is 0 Å². The van der Waals surface area contributed by atoms with Gasteiger partial charge >= 0.3 is 0 Å². The van der Waals surface area contributed by atoms with Gasteiger partial charge in [0.2, 0.25) is 0 Å². The molecular weight excluding hydrogens is 336 g/mol. The van der Waals surface area contributed by atoms with Gasteiger partial charge in [-0.15, -0.1) is 0 Å². The second-order valence-corrected chi connectivity index (χ2v) is 5.90. The predicted octanol–water partition coefficient (Wildman–Crippen LogP) is 0.789. The molecule has 2 rings (SSSR count). The fourth-order valence-electron chi connectivity index (χ4n) is 2.35. The number of benzene rings is 1. The lowest BCUT2D eigenvalue weighted by Gasteiger charge is -2.19. The van der Waals surface area contributed by atoms with Crippen LogP contribution >= 0.6 is 0 Å². The minimum atomic E-state index is -0.379. The van der Waals surface area contributed by atoms with Crippen molar-refractivity contribution in [2.24, 2.45) is 0 Å². The Bertz CT molecular complexity index is 417. The van der Waals surface area contributed by atoms with Crippen LogP contribution in [-0.4, -0.2) is 78.7 Å². The highest BCUT2D eigenvalue weighted by molar-refractivity contribution is 5.13. The van der Waals surface area contributed by atoms with Crippen molar-refractivity contribution in [1.82, 2.24) is 10.6 Å². The standard InChI is InChI=1S/C19H32N2O5/c1-2-4-18(5-3-1)16-26-19-17-24-12-8-20-6-10-22-14-15-23-11-7-21-9-13-25-19/h1-5,19-21H,6-17H2. The van der Waals surface area contributed by atoms with Crippen molar-refractivity contribution >= 4 is 0 Å². The summed E-state index contributed by atoms with van der Waals surface area (Å²) in [5.41, 5.74) is 1.12. The summed E-state index contributed by atoms with van der Waals surface area (Å²) in [7, 11) is 0. The maximum absolute atomic E-state index is 5.87. The molecule has 0 amide bonds. The molecule has 1 aliphatic heterocycles. The van der Waals surface area contributed by atoms with Crippen LogP contribution in [0.3, 0.4) is 0 Å². The van der Waals surface area contributed by atoms with Crippen LogP contribution in [0.15, 0.2) is 30.3 Å². The third-order valence-electron chi connectivity index (χ3n) is 3.76. The average Bonchev–Trinajstić information content (AvgIpc) is 2.68. The molecule has 1 aromatic carbocycles. The summed E-state index contributed by atoms with van der Waals surface area (Å²) in [5, 5.41) is 6.57. The minimum absolute atomic E-state index is 0.379. The van der Waals surface area contributed by atoms with Crippen LogP contribution in [0.1, 0.15) is 5.56 Å². The smallest absolute Gasteiger partial charge is 0.181 e. The summed E-state index contributed by atoms with van der Waals surface area (Å²) in [6.45, 7) is 7.77. The molecule has 0 bridgehead atoms. The lowest BCUT2D eigenvalue weighted by Crippen LogP contribution is -2.31. The Balaban J connectivity index is 1.70. The van der Waals surface area contributed by atoms with Crippen molar-refractivity contribution in [3.8, 4) is 0 Å². The van der Waals surface area contributed by atoms with Crippen molar-refractivity contribution < 1.29 is 23.7 Å². The van der Waals surface area contributed by atoms with Gasteiger partial charge < -0.3 is 34.3 Å². The van der Waals surface area contributed by atoms with E-state index in [0.717, 1.165) is 31.7 Å². The van der Waals surface area contributed by atoms with Gasteiger partial charge in [-0.2, -0.15) is 0 Å². The first-order valence-corrected chi connectivity index (χ1v) is 9.37. The Labute approximate surface area is 156 Å². The van der Waals surface area contributed by atoms with E-state index in [0.29, 0.717) is 52.9 Å². The quantitative estimate of drug-likeness (QED) is 0.817. The second-order valence-electron chi connectivity index (χ2n) is 5.90. The van der Waals surface area contributed by atoms with E-state index in [2.05, 4.69) is 10.6 Å². The summed E-state index contributed by atoms with van der Waals surface area (Å²) in [4.78, 5) is 0. The van der Waals surface area contributed by atoms with Crippen LogP contribution in [-0.2, 0) is 30.3 Å². The van der Waals surface area contributed by atoms with Crippen molar-refractivity contribution in [3.05, 3.63) is 35.9 Å². The molecular formula is C19H32N2O5. The number of nitrogens with one attached hydrogen (secondary N) is 2. The molecule has 148 valence electrons. The summed E-state index contributed by atoms with van der Waals surface area (Å²) in [6, 6.07) is 10.1. The van der Waals surface area contributed by atoms with Crippen molar-refractivity contribution in [1.29, 1.82) is 0 Å². The zero-order valence-electron chi connectivity index (χ0n) is 15.5.